The van der Waals surface area contributed by atoms with Crippen LogP contribution in [0.3, 0.4) is 0 Å². The van der Waals surface area contributed by atoms with Crippen molar-refractivity contribution >= 4 is 40.8 Å². The van der Waals surface area contributed by atoms with E-state index in [4.69, 9.17) is 34.1 Å². The van der Waals surface area contributed by atoms with Crippen molar-refractivity contribution < 1.29 is 10.0 Å². The molecule has 1 unspecified atom stereocenters. The summed E-state index contributed by atoms with van der Waals surface area (Å²) >= 11 is 11.9. The number of rotatable bonds is 5. The standard InChI is InChI=1S/C13H18Cl2N4O2/c1-3-19(7-8(2)12(16)18-21)13(20)17-11-6-9(14)4-5-10(11)15/h4-6,8,21H,3,7H2,1-2H3,(H2,16,18)(H,17,20). The number of amides is 2. The minimum absolute atomic E-state index is 0.0713. The summed E-state index contributed by atoms with van der Waals surface area (Å²) in [6.07, 6.45) is 0. The van der Waals surface area contributed by atoms with Gasteiger partial charge in [0.05, 0.1) is 10.7 Å². The molecule has 0 aliphatic heterocycles. The van der Waals surface area contributed by atoms with Gasteiger partial charge in [0, 0.05) is 24.0 Å². The Morgan fingerprint density at radius 1 is 1.52 bits per heavy atom. The second-order valence-corrected chi connectivity index (χ2v) is 5.36. The molecule has 2 amide bonds. The molecule has 1 rings (SSSR count). The molecule has 6 nitrogen and oxygen atoms in total. The van der Waals surface area contributed by atoms with Crippen molar-refractivity contribution in [1.82, 2.24) is 4.90 Å². The van der Waals surface area contributed by atoms with Gasteiger partial charge < -0.3 is 21.2 Å². The Bertz CT molecular complexity index is 537. The molecule has 0 fully saturated rings. The molecule has 0 heterocycles. The number of nitrogens with zero attached hydrogens (tertiary/aromatic N) is 2. The summed E-state index contributed by atoms with van der Waals surface area (Å²) in [7, 11) is 0. The minimum atomic E-state index is -0.334. The second kappa shape index (κ2) is 7.95. The van der Waals surface area contributed by atoms with E-state index in [1.807, 2.05) is 6.92 Å². The van der Waals surface area contributed by atoms with Crippen molar-refractivity contribution in [2.75, 3.05) is 18.4 Å². The van der Waals surface area contributed by atoms with Crippen molar-refractivity contribution in [3.8, 4) is 0 Å². The zero-order chi connectivity index (χ0) is 16.0. The maximum absolute atomic E-state index is 12.2. The molecule has 0 saturated heterocycles. The largest absolute Gasteiger partial charge is 0.409 e. The first kappa shape index (κ1) is 17.4. The Morgan fingerprint density at radius 2 is 2.19 bits per heavy atom. The summed E-state index contributed by atoms with van der Waals surface area (Å²) in [4.78, 5) is 13.8. The van der Waals surface area contributed by atoms with Crippen molar-refractivity contribution in [3.05, 3.63) is 28.2 Å². The monoisotopic (exact) mass is 332 g/mol. The average Bonchev–Trinajstić information content (AvgIpc) is 2.47. The van der Waals surface area contributed by atoms with Gasteiger partial charge in [0.25, 0.3) is 0 Å². The van der Waals surface area contributed by atoms with Crippen LogP contribution in [0.15, 0.2) is 23.4 Å². The molecule has 8 heteroatoms. The predicted octanol–water partition coefficient (Wildman–Crippen LogP) is 3.23. The van der Waals surface area contributed by atoms with Crippen LogP contribution < -0.4 is 11.1 Å². The molecule has 0 spiro atoms. The third-order valence-corrected chi connectivity index (χ3v) is 3.52. The highest BCUT2D eigenvalue weighted by molar-refractivity contribution is 6.35. The van der Waals surface area contributed by atoms with Gasteiger partial charge in [-0.2, -0.15) is 0 Å². The van der Waals surface area contributed by atoms with Crippen LogP contribution in [0.5, 0.6) is 0 Å². The number of carbonyl (C=O) groups excluding carboxylic acids is 1. The van der Waals surface area contributed by atoms with Crippen LogP contribution in [0.25, 0.3) is 0 Å². The summed E-state index contributed by atoms with van der Waals surface area (Å²) in [5.74, 6) is -0.197. The number of benzene rings is 1. The summed E-state index contributed by atoms with van der Waals surface area (Å²) in [6.45, 7) is 4.37. The zero-order valence-corrected chi connectivity index (χ0v) is 13.3. The third-order valence-electron chi connectivity index (χ3n) is 2.95. The fourth-order valence-corrected chi connectivity index (χ4v) is 2.00. The maximum atomic E-state index is 12.2. The van der Waals surface area contributed by atoms with E-state index in [0.717, 1.165) is 0 Å². The highest BCUT2D eigenvalue weighted by Crippen LogP contribution is 2.25. The fourth-order valence-electron chi connectivity index (χ4n) is 1.67. The molecule has 0 bridgehead atoms. The lowest BCUT2D eigenvalue weighted by Gasteiger charge is -2.24. The molecule has 0 aromatic heterocycles. The molecule has 0 saturated carbocycles. The van der Waals surface area contributed by atoms with E-state index in [1.165, 1.54) is 4.90 Å². The van der Waals surface area contributed by atoms with Gasteiger partial charge in [-0.3, -0.25) is 0 Å². The van der Waals surface area contributed by atoms with Crippen molar-refractivity contribution in [1.29, 1.82) is 0 Å². The van der Waals surface area contributed by atoms with Gasteiger partial charge in [-0.05, 0) is 25.1 Å². The SMILES string of the molecule is CCN(CC(C)C(N)=NO)C(=O)Nc1cc(Cl)ccc1Cl. The minimum Gasteiger partial charge on any atom is -0.409 e. The number of nitrogens with two attached hydrogens (primary N) is 1. The lowest BCUT2D eigenvalue weighted by molar-refractivity contribution is 0.210. The average molecular weight is 333 g/mol. The summed E-state index contributed by atoms with van der Waals surface area (Å²) < 4.78 is 0. The molecule has 1 aromatic rings. The van der Waals surface area contributed by atoms with Crippen molar-refractivity contribution in [3.63, 3.8) is 0 Å². The van der Waals surface area contributed by atoms with Gasteiger partial charge >= 0.3 is 6.03 Å². The first-order chi connectivity index (χ1) is 9.88. The third kappa shape index (κ3) is 4.99. The fraction of sp³-hybridized carbons (Fsp3) is 0.385. The van der Waals surface area contributed by atoms with E-state index in [-0.39, 0.29) is 17.8 Å². The number of oxime groups is 1. The number of hydrogen-bond donors (Lipinski definition) is 3. The van der Waals surface area contributed by atoms with E-state index in [1.54, 1.807) is 25.1 Å². The number of nitrogens with one attached hydrogen (secondary N) is 1. The van der Waals surface area contributed by atoms with Crippen LogP contribution in [0.4, 0.5) is 10.5 Å². The molecule has 21 heavy (non-hydrogen) atoms. The normalized spacial score (nSPS) is 12.9. The van der Waals surface area contributed by atoms with Gasteiger partial charge in [0.15, 0.2) is 0 Å². The first-order valence-corrected chi connectivity index (χ1v) is 7.13. The highest BCUT2D eigenvalue weighted by atomic mass is 35.5. The Hall–Kier alpha value is -1.66. The van der Waals surface area contributed by atoms with Crippen LogP contribution in [0.1, 0.15) is 13.8 Å². The van der Waals surface area contributed by atoms with Crippen LogP contribution >= 0.6 is 23.2 Å². The van der Waals surface area contributed by atoms with E-state index in [0.29, 0.717) is 28.8 Å². The smallest absolute Gasteiger partial charge is 0.321 e. The molecule has 4 N–H and O–H groups in total. The van der Waals surface area contributed by atoms with Gasteiger partial charge in [-0.15, -0.1) is 0 Å². The molecular formula is C13H18Cl2N4O2. The zero-order valence-electron chi connectivity index (χ0n) is 11.8. The van der Waals surface area contributed by atoms with E-state index < -0.39 is 0 Å². The number of urea groups is 1. The second-order valence-electron chi connectivity index (χ2n) is 4.52. The van der Waals surface area contributed by atoms with Gasteiger partial charge in [-0.25, -0.2) is 4.79 Å². The number of carbonyl (C=O) groups is 1. The van der Waals surface area contributed by atoms with Crippen LogP contribution in [-0.4, -0.2) is 35.1 Å². The summed E-state index contributed by atoms with van der Waals surface area (Å²) in [6, 6.07) is 4.48. The molecular weight excluding hydrogens is 315 g/mol. The van der Waals surface area contributed by atoms with E-state index >= 15 is 0 Å². The molecule has 1 atom stereocenters. The summed E-state index contributed by atoms with van der Waals surface area (Å²) in [5.41, 5.74) is 5.95. The van der Waals surface area contributed by atoms with E-state index in [2.05, 4.69) is 10.5 Å². The highest BCUT2D eigenvalue weighted by Gasteiger charge is 2.18. The van der Waals surface area contributed by atoms with Gasteiger partial charge in [-0.1, -0.05) is 35.3 Å². The first-order valence-electron chi connectivity index (χ1n) is 6.37. The molecule has 0 aliphatic rings. The predicted molar refractivity (Wildman–Crippen MR) is 85.3 cm³/mol. The van der Waals surface area contributed by atoms with Gasteiger partial charge in [0.2, 0.25) is 0 Å². The molecule has 0 aliphatic carbocycles. The lowest BCUT2D eigenvalue weighted by Crippen LogP contribution is -2.41. The molecule has 116 valence electrons. The molecule has 0 radical (unpaired) electrons. The Morgan fingerprint density at radius 3 is 2.76 bits per heavy atom. The number of anilines is 1. The number of amidine groups is 1. The van der Waals surface area contributed by atoms with Crippen molar-refractivity contribution in [2.24, 2.45) is 16.8 Å². The van der Waals surface area contributed by atoms with Crippen LogP contribution in [0.2, 0.25) is 10.0 Å². The topological polar surface area (TPSA) is 90.9 Å². The number of halogens is 2. The van der Waals surface area contributed by atoms with Gasteiger partial charge in [0.1, 0.15) is 5.84 Å². The maximum Gasteiger partial charge on any atom is 0.321 e. The summed E-state index contributed by atoms with van der Waals surface area (Å²) in [5, 5.41) is 15.1. The number of hydrogen-bond acceptors (Lipinski definition) is 3. The lowest BCUT2D eigenvalue weighted by atomic mass is 10.1. The van der Waals surface area contributed by atoms with Crippen LogP contribution in [-0.2, 0) is 0 Å². The quantitative estimate of drug-likeness (QED) is 0.334. The van der Waals surface area contributed by atoms with Crippen LogP contribution in [0, 0.1) is 5.92 Å². The Labute approximate surface area is 133 Å². The molecule has 1 aromatic carbocycles. The Kier molecular flexibility index (Phi) is 6.58. The van der Waals surface area contributed by atoms with E-state index in [9.17, 15) is 4.79 Å². The van der Waals surface area contributed by atoms with Crippen molar-refractivity contribution in [2.45, 2.75) is 13.8 Å². The Balaban J connectivity index is 2.78.